The number of fused-ring (bicyclic) bond motifs is 1. The molecule has 1 aromatic carbocycles. The molecule has 1 N–H and O–H groups in total. The Morgan fingerprint density at radius 1 is 1.18 bits per heavy atom. The van der Waals surface area contributed by atoms with Gasteiger partial charge >= 0.3 is 0 Å². The molecule has 0 saturated heterocycles. The molecule has 3 heterocycles. The van der Waals surface area contributed by atoms with Crippen LogP contribution in [-0.4, -0.2) is 38.1 Å². The molecule has 0 spiro atoms. The average Bonchev–Trinajstić information content (AvgIpc) is 3.43. The van der Waals surface area contributed by atoms with Crippen molar-refractivity contribution in [1.82, 2.24) is 20.0 Å². The number of halogens is 1. The number of nitrogens with one attached hydrogen (secondary N) is 1. The van der Waals surface area contributed by atoms with Gasteiger partial charge in [-0.05, 0) is 38.0 Å². The summed E-state index contributed by atoms with van der Waals surface area (Å²) in [6.45, 7) is 1.90. The predicted octanol–water partition coefficient (Wildman–Crippen LogP) is 4.54. The molecule has 3 aromatic rings. The van der Waals surface area contributed by atoms with Crippen LogP contribution in [0.3, 0.4) is 0 Å². The SMILES string of the molecule is C[C@@]1(C(=O)NC2CCCCCC2)Cn2nc(-c3ccco3)cc2C(=O)N1Cc1ccccc1F. The fourth-order valence-corrected chi connectivity index (χ4v) is 5.00. The summed E-state index contributed by atoms with van der Waals surface area (Å²) in [6.07, 6.45) is 7.91. The third-order valence-electron chi connectivity index (χ3n) is 7.04. The zero-order valence-electron chi connectivity index (χ0n) is 19.3. The fourth-order valence-electron chi connectivity index (χ4n) is 5.00. The fraction of sp³-hybridized carbons (Fsp3) is 0.423. The molecule has 2 aromatic heterocycles. The van der Waals surface area contributed by atoms with Crippen LogP contribution in [0.15, 0.2) is 53.1 Å². The summed E-state index contributed by atoms with van der Waals surface area (Å²) in [5.74, 6) is -0.458. The molecule has 0 unspecified atom stereocenters. The number of aromatic nitrogens is 2. The normalized spacial score (nSPS) is 21.2. The Kier molecular flexibility index (Phi) is 5.98. The van der Waals surface area contributed by atoms with Crippen molar-refractivity contribution in [2.75, 3.05) is 0 Å². The Morgan fingerprint density at radius 2 is 1.94 bits per heavy atom. The highest BCUT2D eigenvalue weighted by Gasteiger charge is 2.48. The van der Waals surface area contributed by atoms with Gasteiger partial charge in [0.05, 0.1) is 19.4 Å². The molecule has 2 aliphatic rings. The quantitative estimate of drug-likeness (QED) is 0.563. The van der Waals surface area contributed by atoms with E-state index >= 15 is 0 Å². The van der Waals surface area contributed by atoms with Crippen LogP contribution in [-0.2, 0) is 17.9 Å². The maximum atomic E-state index is 14.6. The highest BCUT2D eigenvalue weighted by Crippen LogP contribution is 2.32. The van der Waals surface area contributed by atoms with E-state index in [1.807, 2.05) is 0 Å². The van der Waals surface area contributed by atoms with Crippen molar-refractivity contribution in [2.24, 2.45) is 0 Å². The first kappa shape index (κ1) is 22.4. The van der Waals surface area contributed by atoms with Crippen LogP contribution in [0, 0.1) is 5.82 Å². The van der Waals surface area contributed by atoms with E-state index in [1.54, 1.807) is 54.3 Å². The first-order chi connectivity index (χ1) is 16.5. The predicted molar refractivity (Wildman–Crippen MR) is 124 cm³/mol. The van der Waals surface area contributed by atoms with Crippen molar-refractivity contribution < 1.29 is 18.4 Å². The molecule has 7 nitrogen and oxygen atoms in total. The molecular weight excluding hydrogens is 435 g/mol. The van der Waals surface area contributed by atoms with Crippen LogP contribution in [0.4, 0.5) is 4.39 Å². The lowest BCUT2D eigenvalue weighted by Crippen LogP contribution is -2.64. The third kappa shape index (κ3) is 4.13. The highest BCUT2D eigenvalue weighted by molar-refractivity contribution is 6.00. The lowest BCUT2D eigenvalue weighted by atomic mass is 9.93. The van der Waals surface area contributed by atoms with E-state index in [2.05, 4.69) is 10.4 Å². The number of hydrogen-bond acceptors (Lipinski definition) is 4. The molecule has 2 amide bonds. The summed E-state index contributed by atoms with van der Waals surface area (Å²) in [5, 5.41) is 7.76. The van der Waals surface area contributed by atoms with Gasteiger partial charge in [0.2, 0.25) is 5.91 Å². The largest absolute Gasteiger partial charge is 0.463 e. The highest BCUT2D eigenvalue weighted by atomic mass is 19.1. The molecule has 1 aliphatic heterocycles. The van der Waals surface area contributed by atoms with E-state index in [9.17, 15) is 14.0 Å². The minimum Gasteiger partial charge on any atom is -0.463 e. The van der Waals surface area contributed by atoms with Gasteiger partial charge in [0.25, 0.3) is 5.91 Å². The number of carbonyl (C=O) groups excluding carboxylic acids is 2. The first-order valence-corrected chi connectivity index (χ1v) is 11.9. The summed E-state index contributed by atoms with van der Waals surface area (Å²) in [4.78, 5) is 28.9. The second kappa shape index (κ2) is 9.08. The molecule has 1 aliphatic carbocycles. The number of nitrogens with zero attached hydrogens (tertiary/aromatic N) is 3. The number of benzene rings is 1. The Morgan fingerprint density at radius 3 is 2.65 bits per heavy atom. The number of rotatable bonds is 5. The van der Waals surface area contributed by atoms with E-state index in [1.165, 1.54) is 23.8 Å². The molecule has 8 heteroatoms. The van der Waals surface area contributed by atoms with Gasteiger partial charge in [-0.15, -0.1) is 0 Å². The van der Waals surface area contributed by atoms with Crippen molar-refractivity contribution in [3.8, 4) is 11.5 Å². The molecule has 0 bridgehead atoms. The lowest BCUT2D eigenvalue weighted by molar-refractivity contribution is -0.134. The molecule has 5 rings (SSSR count). The molecule has 0 radical (unpaired) electrons. The van der Waals surface area contributed by atoms with Crippen molar-refractivity contribution in [2.45, 2.75) is 70.1 Å². The van der Waals surface area contributed by atoms with E-state index in [0.717, 1.165) is 25.7 Å². The molecular formula is C26H29FN4O3. The topological polar surface area (TPSA) is 80.4 Å². The van der Waals surface area contributed by atoms with E-state index in [4.69, 9.17) is 4.42 Å². The van der Waals surface area contributed by atoms with Gasteiger partial charge in [0.1, 0.15) is 22.7 Å². The van der Waals surface area contributed by atoms with E-state index in [-0.39, 0.29) is 30.9 Å². The maximum absolute atomic E-state index is 14.6. The summed E-state index contributed by atoms with van der Waals surface area (Å²) in [5.41, 5.74) is 0.00384. The second-order valence-electron chi connectivity index (χ2n) is 9.47. The molecule has 34 heavy (non-hydrogen) atoms. The van der Waals surface area contributed by atoms with Crippen LogP contribution in [0.5, 0.6) is 0 Å². The zero-order valence-corrected chi connectivity index (χ0v) is 19.3. The van der Waals surface area contributed by atoms with Crippen molar-refractivity contribution in [1.29, 1.82) is 0 Å². The first-order valence-electron chi connectivity index (χ1n) is 11.9. The van der Waals surface area contributed by atoms with Crippen LogP contribution < -0.4 is 5.32 Å². The Hall–Kier alpha value is -3.42. The minimum atomic E-state index is -1.23. The van der Waals surface area contributed by atoms with Gasteiger partial charge in [-0.1, -0.05) is 43.9 Å². The zero-order chi connectivity index (χ0) is 23.7. The number of hydrogen-bond donors (Lipinski definition) is 1. The Labute approximate surface area is 197 Å². The molecule has 178 valence electrons. The average molecular weight is 465 g/mol. The Balaban J connectivity index is 1.50. The number of carbonyl (C=O) groups is 2. The van der Waals surface area contributed by atoms with Gasteiger partial charge in [0, 0.05) is 17.7 Å². The maximum Gasteiger partial charge on any atom is 0.273 e. The van der Waals surface area contributed by atoms with Crippen molar-refractivity contribution in [3.63, 3.8) is 0 Å². The summed E-state index contributed by atoms with van der Waals surface area (Å²) < 4.78 is 21.6. The van der Waals surface area contributed by atoms with Gasteiger partial charge in [-0.3, -0.25) is 14.3 Å². The smallest absolute Gasteiger partial charge is 0.273 e. The van der Waals surface area contributed by atoms with E-state index in [0.29, 0.717) is 22.7 Å². The van der Waals surface area contributed by atoms with Gasteiger partial charge < -0.3 is 14.6 Å². The Bertz CT molecular complexity index is 1180. The second-order valence-corrected chi connectivity index (χ2v) is 9.47. The standard InChI is InChI=1S/C26H29FN4O3/c1-26(25(33)28-19-10-4-2-3-5-11-19)17-31-22(15-21(29-31)23-13-8-14-34-23)24(32)30(26)16-18-9-6-7-12-20(18)27/h6-9,12-15,19H,2-5,10-11,16-17H2,1H3,(H,28,33)/t26-/m0/s1. The van der Waals surface area contributed by atoms with Gasteiger partial charge in [0.15, 0.2) is 5.76 Å². The number of amides is 2. The van der Waals surface area contributed by atoms with Crippen LogP contribution in [0.2, 0.25) is 0 Å². The van der Waals surface area contributed by atoms with Gasteiger partial charge in [-0.25, -0.2) is 4.39 Å². The van der Waals surface area contributed by atoms with E-state index < -0.39 is 11.4 Å². The summed E-state index contributed by atoms with van der Waals surface area (Å²) in [7, 11) is 0. The lowest BCUT2D eigenvalue weighted by Gasteiger charge is -2.44. The molecule has 1 saturated carbocycles. The van der Waals surface area contributed by atoms with Crippen LogP contribution in [0.25, 0.3) is 11.5 Å². The summed E-state index contributed by atoms with van der Waals surface area (Å²) >= 11 is 0. The van der Waals surface area contributed by atoms with Gasteiger partial charge in [-0.2, -0.15) is 5.10 Å². The minimum absolute atomic E-state index is 0.0125. The molecule has 1 fully saturated rings. The third-order valence-corrected chi connectivity index (χ3v) is 7.04. The molecule has 1 atom stereocenters. The van der Waals surface area contributed by atoms with Crippen LogP contribution >= 0.6 is 0 Å². The van der Waals surface area contributed by atoms with Crippen molar-refractivity contribution in [3.05, 3.63) is 65.8 Å². The summed E-state index contributed by atoms with van der Waals surface area (Å²) in [6, 6.07) is 11.6. The number of furan rings is 1. The monoisotopic (exact) mass is 464 g/mol. The van der Waals surface area contributed by atoms with Crippen LogP contribution in [0.1, 0.15) is 61.5 Å². The van der Waals surface area contributed by atoms with Crippen molar-refractivity contribution >= 4 is 11.8 Å².